The molecule has 0 saturated heterocycles. The van der Waals surface area contributed by atoms with Crippen molar-refractivity contribution in [3.63, 3.8) is 0 Å². The van der Waals surface area contributed by atoms with E-state index in [0.717, 1.165) is 0 Å². The van der Waals surface area contributed by atoms with Gasteiger partial charge in [0.1, 0.15) is 0 Å². The van der Waals surface area contributed by atoms with Gasteiger partial charge < -0.3 is 10.0 Å². The normalized spacial score (nSPS) is 11.4. The maximum Gasteiger partial charge on any atom is 0.237 e. The molecule has 0 aromatic rings. The second kappa shape index (κ2) is 5.94. The number of hydrogen-bond acceptors (Lipinski definition) is 4. The Hall–Kier alpha value is -0.660. The molecule has 7 heteroatoms. The van der Waals surface area contributed by atoms with Crippen molar-refractivity contribution in [2.45, 2.75) is 6.92 Å². The van der Waals surface area contributed by atoms with Crippen molar-refractivity contribution in [2.24, 2.45) is 0 Å². The Morgan fingerprint density at radius 3 is 2.50 bits per heavy atom. The fraction of sp³-hybridized carbons (Fsp3) is 0.857. The first-order valence-corrected chi connectivity index (χ1v) is 5.90. The van der Waals surface area contributed by atoms with Crippen LogP contribution in [0.5, 0.6) is 0 Å². The van der Waals surface area contributed by atoms with Gasteiger partial charge in [-0.15, -0.1) is 0 Å². The summed E-state index contributed by atoms with van der Waals surface area (Å²) >= 11 is 0. The first-order chi connectivity index (χ1) is 6.43. The van der Waals surface area contributed by atoms with Crippen LogP contribution in [0.15, 0.2) is 0 Å². The van der Waals surface area contributed by atoms with Crippen LogP contribution in [0, 0.1) is 0 Å². The second-order valence-corrected chi connectivity index (χ2v) is 4.70. The molecule has 0 aliphatic carbocycles. The maximum absolute atomic E-state index is 11.2. The van der Waals surface area contributed by atoms with E-state index in [4.69, 9.17) is 5.11 Å². The number of aliphatic hydroxyl groups is 1. The third-order valence-corrected chi connectivity index (χ3v) is 3.01. The van der Waals surface area contributed by atoms with Gasteiger partial charge in [-0.3, -0.25) is 4.79 Å². The van der Waals surface area contributed by atoms with Crippen LogP contribution in [0.1, 0.15) is 6.92 Å². The minimum atomic E-state index is -3.52. The van der Waals surface area contributed by atoms with Crippen LogP contribution in [0.25, 0.3) is 0 Å². The quantitative estimate of drug-likeness (QED) is 0.567. The molecule has 1 amide bonds. The number of nitrogens with zero attached hydrogens (tertiary/aromatic N) is 1. The molecule has 0 fully saturated rings. The number of sulfonamides is 1. The highest BCUT2D eigenvalue weighted by molar-refractivity contribution is 7.89. The number of carbonyl (C=O) groups is 1. The first kappa shape index (κ1) is 13.3. The lowest BCUT2D eigenvalue weighted by Gasteiger charge is -2.14. The average molecular weight is 224 g/mol. The van der Waals surface area contributed by atoms with Crippen LogP contribution in [0.4, 0.5) is 0 Å². The van der Waals surface area contributed by atoms with Crippen LogP contribution in [0.2, 0.25) is 0 Å². The van der Waals surface area contributed by atoms with Crippen molar-refractivity contribution in [1.82, 2.24) is 9.62 Å². The molecule has 0 aliphatic heterocycles. The summed E-state index contributed by atoms with van der Waals surface area (Å²) in [5.74, 6) is -0.676. The van der Waals surface area contributed by atoms with Crippen molar-refractivity contribution in [2.75, 3.05) is 32.5 Å². The summed E-state index contributed by atoms with van der Waals surface area (Å²) in [5.41, 5.74) is 0. The highest BCUT2D eigenvalue weighted by Crippen LogP contribution is 1.86. The molecule has 0 aromatic carbocycles. The Bertz CT molecular complexity index is 275. The van der Waals surface area contributed by atoms with Gasteiger partial charge in [-0.1, -0.05) is 0 Å². The molecule has 0 heterocycles. The van der Waals surface area contributed by atoms with E-state index in [1.807, 2.05) is 0 Å². The lowest BCUT2D eigenvalue weighted by Crippen LogP contribution is -2.39. The fourth-order valence-corrected chi connectivity index (χ4v) is 1.40. The van der Waals surface area contributed by atoms with E-state index >= 15 is 0 Å². The van der Waals surface area contributed by atoms with Crippen LogP contribution in [0.3, 0.4) is 0 Å². The summed E-state index contributed by atoms with van der Waals surface area (Å²) in [6.07, 6.45) is 0. The van der Waals surface area contributed by atoms with Gasteiger partial charge in [-0.25, -0.2) is 13.1 Å². The Morgan fingerprint density at radius 1 is 1.50 bits per heavy atom. The molecule has 0 aromatic heterocycles. The van der Waals surface area contributed by atoms with Crippen LogP contribution >= 0.6 is 0 Å². The summed E-state index contributed by atoms with van der Waals surface area (Å²) in [6.45, 7) is 1.61. The van der Waals surface area contributed by atoms with E-state index in [1.54, 1.807) is 14.0 Å². The topological polar surface area (TPSA) is 86.7 Å². The standard InChI is InChI=1S/C7H16N2O4S/c1-3-9(2)7(11)6-8-14(12,13)5-4-10/h8,10H,3-6H2,1-2H3. The lowest BCUT2D eigenvalue weighted by atomic mass is 10.5. The third-order valence-electron chi connectivity index (χ3n) is 1.70. The number of rotatable bonds is 6. The molecule has 0 spiro atoms. The molecule has 0 bridgehead atoms. The Morgan fingerprint density at radius 2 is 2.07 bits per heavy atom. The SMILES string of the molecule is CCN(C)C(=O)CNS(=O)(=O)CCO. The van der Waals surface area contributed by atoms with Gasteiger partial charge in [-0.05, 0) is 6.92 Å². The van der Waals surface area contributed by atoms with Crippen molar-refractivity contribution in [3.05, 3.63) is 0 Å². The number of amides is 1. The van der Waals surface area contributed by atoms with Gasteiger partial charge in [0.2, 0.25) is 15.9 Å². The molecule has 14 heavy (non-hydrogen) atoms. The smallest absolute Gasteiger partial charge is 0.237 e. The zero-order valence-electron chi connectivity index (χ0n) is 8.36. The summed E-state index contributed by atoms with van der Waals surface area (Å²) in [5, 5.41) is 8.41. The van der Waals surface area contributed by atoms with Gasteiger partial charge in [-0.2, -0.15) is 0 Å². The Kier molecular flexibility index (Phi) is 5.66. The number of hydrogen-bond donors (Lipinski definition) is 2. The highest BCUT2D eigenvalue weighted by Gasteiger charge is 2.13. The number of aliphatic hydroxyl groups excluding tert-OH is 1. The molecule has 0 atom stereocenters. The van der Waals surface area contributed by atoms with Crippen LogP contribution < -0.4 is 4.72 Å². The largest absolute Gasteiger partial charge is 0.395 e. The molecule has 2 N–H and O–H groups in total. The van der Waals surface area contributed by atoms with Crippen molar-refractivity contribution >= 4 is 15.9 Å². The molecule has 0 aliphatic rings. The predicted molar refractivity (Wildman–Crippen MR) is 52.2 cm³/mol. The van der Waals surface area contributed by atoms with Crippen molar-refractivity contribution in [1.29, 1.82) is 0 Å². The number of nitrogens with one attached hydrogen (secondary N) is 1. The maximum atomic E-state index is 11.2. The molecule has 0 radical (unpaired) electrons. The molecular formula is C7H16N2O4S. The Labute approximate surface area is 84.0 Å². The zero-order valence-corrected chi connectivity index (χ0v) is 9.17. The summed E-state index contributed by atoms with van der Waals surface area (Å²) in [7, 11) is -1.93. The molecule has 0 saturated carbocycles. The van der Waals surface area contributed by atoms with E-state index in [1.165, 1.54) is 4.90 Å². The zero-order chi connectivity index (χ0) is 11.2. The van der Waals surface area contributed by atoms with E-state index < -0.39 is 16.6 Å². The monoisotopic (exact) mass is 224 g/mol. The molecule has 6 nitrogen and oxygen atoms in total. The Balaban J connectivity index is 4.00. The van der Waals surface area contributed by atoms with Gasteiger partial charge in [0.25, 0.3) is 0 Å². The van der Waals surface area contributed by atoms with Gasteiger partial charge >= 0.3 is 0 Å². The molecule has 0 rings (SSSR count). The number of carbonyl (C=O) groups excluding carboxylic acids is 1. The molecule has 84 valence electrons. The first-order valence-electron chi connectivity index (χ1n) is 4.25. The predicted octanol–water partition coefficient (Wildman–Crippen LogP) is -1.62. The van der Waals surface area contributed by atoms with E-state index in [9.17, 15) is 13.2 Å². The lowest BCUT2D eigenvalue weighted by molar-refractivity contribution is -0.128. The summed E-state index contributed by atoms with van der Waals surface area (Å²) in [6, 6.07) is 0. The highest BCUT2D eigenvalue weighted by atomic mass is 32.2. The van der Waals surface area contributed by atoms with Crippen LogP contribution in [-0.2, 0) is 14.8 Å². The van der Waals surface area contributed by atoms with Gasteiger partial charge in [0.05, 0.1) is 18.9 Å². The molecule has 0 unspecified atom stereocenters. The van der Waals surface area contributed by atoms with Crippen LogP contribution in [-0.4, -0.2) is 56.8 Å². The van der Waals surface area contributed by atoms with E-state index in [0.29, 0.717) is 6.54 Å². The second-order valence-electron chi connectivity index (χ2n) is 2.77. The minimum absolute atomic E-state index is 0.257. The van der Waals surface area contributed by atoms with E-state index in [2.05, 4.69) is 4.72 Å². The number of likely N-dealkylation sites (N-methyl/N-ethyl adjacent to an activating group) is 1. The van der Waals surface area contributed by atoms with Gasteiger partial charge in [0, 0.05) is 13.6 Å². The minimum Gasteiger partial charge on any atom is -0.395 e. The average Bonchev–Trinajstić information content (AvgIpc) is 2.13. The van der Waals surface area contributed by atoms with Crippen molar-refractivity contribution < 1.29 is 18.3 Å². The summed E-state index contributed by atoms with van der Waals surface area (Å²) in [4.78, 5) is 12.6. The molecular weight excluding hydrogens is 208 g/mol. The fourth-order valence-electron chi connectivity index (χ4n) is 0.675. The van der Waals surface area contributed by atoms with Gasteiger partial charge in [0.15, 0.2) is 0 Å². The third kappa shape index (κ3) is 5.15. The van der Waals surface area contributed by atoms with E-state index in [-0.39, 0.29) is 18.2 Å². The summed E-state index contributed by atoms with van der Waals surface area (Å²) < 4.78 is 24.1. The van der Waals surface area contributed by atoms with Crippen molar-refractivity contribution in [3.8, 4) is 0 Å².